The maximum absolute atomic E-state index is 11.8. The molecule has 1 aromatic rings. The van der Waals surface area contributed by atoms with E-state index >= 15 is 0 Å². The molecule has 1 saturated carbocycles. The van der Waals surface area contributed by atoms with Crippen LogP contribution in [-0.2, 0) is 5.41 Å². The van der Waals surface area contributed by atoms with Gasteiger partial charge in [-0.15, -0.1) is 0 Å². The Balaban J connectivity index is 1.95. The maximum atomic E-state index is 11.8. The van der Waals surface area contributed by atoms with Gasteiger partial charge in [-0.25, -0.2) is 0 Å². The first-order chi connectivity index (χ1) is 9.07. The van der Waals surface area contributed by atoms with Gasteiger partial charge < -0.3 is 10.4 Å². The average Bonchev–Trinajstić information content (AvgIpc) is 3.19. The first-order valence-corrected chi connectivity index (χ1v) is 6.55. The van der Waals surface area contributed by atoms with Crippen molar-refractivity contribution < 1.29 is 9.90 Å². The van der Waals surface area contributed by atoms with E-state index in [0.717, 1.165) is 18.4 Å². The Labute approximate surface area is 113 Å². The molecule has 1 unspecified atom stereocenters. The highest BCUT2D eigenvalue weighted by Crippen LogP contribution is 2.47. The number of nitrogens with zero attached hydrogens (tertiary/aromatic N) is 1. The number of carbonyl (C=O) groups excluding carboxylic acids is 1. The fourth-order valence-corrected chi connectivity index (χ4v) is 2.03. The molecule has 2 rings (SSSR count). The van der Waals surface area contributed by atoms with E-state index in [1.54, 1.807) is 19.1 Å². The third-order valence-electron chi connectivity index (χ3n) is 3.51. The number of hydrogen-bond acceptors (Lipinski definition) is 3. The van der Waals surface area contributed by atoms with Gasteiger partial charge in [0.1, 0.15) is 0 Å². The smallest absolute Gasteiger partial charge is 0.251 e. The molecular weight excluding hydrogens is 240 g/mol. The normalized spacial score (nSPS) is 17.3. The second kappa shape index (κ2) is 5.41. The summed E-state index contributed by atoms with van der Waals surface area (Å²) in [5, 5.41) is 21.0. The van der Waals surface area contributed by atoms with E-state index in [1.165, 1.54) is 0 Å². The number of amides is 1. The fourth-order valence-electron chi connectivity index (χ4n) is 2.03. The minimum atomic E-state index is -0.409. The number of benzene rings is 1. The number of aliphatic hydroxyl groups is 1. The minimum absolute atomic E-state index is 0.144. The molecule has 100 valence electrons. The molecular formula is C15H18N2O2. The molecule has 0 saturated heterocycles. The second-order valence-corrected chi connectivity index (χ2v) is 5.16. The van der Waals surface area contributed by atoms with Crippen molar-refractivity contribution in [2.24, 2.45) is 0 Å². The predicted molar refractivity (Wildman–Crippen MR) is 71.6 cm³/mol. The molecule has 1 amide bonds. The highest BCUT2D eigenvalue weighted by atomic mass is 16.3. The third kappa shape index (κ3) is 3.12. The zero-order valence-electron chi connectivity index (χ0n) is 11.0. The van der Waals surface area contributed by atoms with Crippen molar-refractivity contribution in [3.63, 3.8) is 0 Å². The Morgan fingerprint density at radius 2 is 2.11 bits per heavy atom. The number of aliphatic hydroxyl groups excluding tert-OH is 1. The SMILES string of the molecule is CC(O)CCNC(=O)c1ccc(C2(C#N)CC2)cc1. The van der Waals surface area contributed by atoms with E-state index in [-0.39, 0.29) is 11.3 Å². The van der Waals surface area contributed by atoms with Crippen LogP contribution in [0.1, 0.15) is 42.1 Å². The van der Waals surface area contributed by atoms with Crippen molar-refractivity contribution in [3.8, 4) is 6.07 Å². The van der Waals surface area contributed by atoms with Gasteiger partial charge in [-0.1, -0.05) is 12.1 Å². The summed E-state index contributed by atoms with van der Waals surface area (Å²) in [6.07, 6.45) is 1.95. The van der Waals surface area contributed by atoms with Crippen LogP contribution in [0.15, 0.2) is 24.3 Å². The fraction of sp³-hybridized carbons (Fsp3) is 0.467. The van der Waals surface area contributed by atoms with Crippen LogP contribution in [0.2, 0.25) is 0 Å². The van der Waals surface area contributed by atoms with Gasteiger partial charge in [-0.3, -0.25) is 4.79 Å². The lowest BCUT2D eigenvalue weighted by Gasteiger charge is -2.09. The molecule has 0 spiro atoms. The molecule has 1 aliphatic carbocycles. The summed E-state index contributed by atoms with van der Waals surface area (Å²) >= 11 is 0. The first kappa shape index (κ1) is 13.6. The lowest BCUT2D eigenvalue weighted by molar-refractivity contribution is 0.0945. The largest absolute Gasteiger partial charge is 0.393 e. The molecule has 1 atom stereocenters. The van der Waals surface area contributed by atoms with Crippen LogP contribution < -0.4 is 5.32 Å². The first-order valence-electron chi connectivity index (χ1n) is 6.55. The summed E-state index contributed by atoms with van der Waals surface area (Å²) in [4.78, 5) is 11.8. The number of nitriles is 1. The summed E-state index contributed by atoms with van der Waals surface area (Å²) < 4.78 is 0. The van der Waals surface area contributed by atoms with E-state index in [1.807, 2.05) is 12.1 Å². The highest BCUT2D eigenvalue weighted by Gasteiger charge is 2.44. The molecule has 1 fully saturated rings. The molecule has 2 N–H and O–H groups in total. The van der Waals surface area contributed by atoms with Gasteiger partial charge in [-0.2, -0.15) is 5.26 Å². The lowest BCUT2D eigenvalue weighted by atomic mass is 9.96. The van der Waals surface area contributed by atoms with Crippen LogP contribution in [0.5, 0.6) is 0 Å². The average molecular weight is 258 g/mol. The van der Waals surface area contributed by atoms with Crippen molar-refractivity contribution >= 4 is 5.91 Å². The molecule has 19 heavy (non-hydrogen) atoms. The third-order valence-corrected chi connectivity index (χ3v) is 3.51. The standard InChI is InChI=1S/C15H18N2O2/c1-11(18)6-9-17-14(19)12-2-4-13(5-3-12)15(10-16)7-8-15/h2-5,11,18H,6-9H2,1H3,(H,17,19). The highest BCUT2D eigenvalue weighted by molar-refractivity contribution is 5.94. The van der Waals surface area contributed by atoms with Gasteiger partial charge >= 0.3 is 0 Å². The Morgan fingerprint density at radius 3 is 2.58 bits per heavy atom. The van der Waals surface area contributed by atoms with Crippen molar-refractivity contribution in [1.29, 1.82) is 5.26 Å². The molecule has 4 heteroatoms. The molecule has 0 heterocycles. The zero-order chi connectivity index (χ0) is 13.9. The van der Waals surface area contributed by atoms with Gasteiger partial charge in [0.25, 0.3) is 5.91 Å². The van der Waals surface area contributed by atoms with Crippen molar-refractivity contribution in [1.82, 2.24) is 5.32 Å². The number of hydrogen-bond donors (Lipinski definition) is 2. The quantitative estimate of drug-likeness (QED) is 0.845. The van der Waals surface area contributed by atoms with E-state index in [9.17, 15) is 4.79 Å². The Hall–Kier alpha value is -1.86. The van der Waals surface area contributed by atoms with E-state index < -0.39 is 6.10 Å². The summed E-state index contributed by atoms with van der Waals surface area (Å²) in [5.74, 6) is -0.144. The predicted octanol–water partition coefficient (Wildman–Crippen LogP) is 1.74. The van der Waals surface area contributed by atoms with Crippen molar-refractivity contribution in [3.05, 3.63) is 35.4 Å². The Bertz CT molecular complexity index is 496. The molecule has 4 nitrogen and oxygen atoms in total. The molecule has 0 aromatic heterocycles. The van der Waals surface area contributed by atoms with Gasteiger partial charge in [0, 0.05) is 12.1 Å². The Morgan fingerprint density at radius 1 is 1.47 bits per heavy atom. The lowest BCUT2D eigenvalue weighted by Crippen LogP contribution is -2.26. The summed E-state index contributed by atoms with van der Waals surface area (Å²) in [6.45, 7) is 2.15. The summed E-state index contributed by atoms with van der Waals surface area (Å²) in [5.41, 5.74) is 1.28. The monoisotopic (exact) mass is 258 g/mol. The second-order valence-electron chi connectivity index (χ2n) is 5.16. The van der Waals surface area contributed by atoms with Crippen LogP contribution in [0.25, 0.3) is 0 Å². The van der Waals surface area contributed by atoms with Gasteiger partial charge in [0.05, 0.1) is 17.6 Å². The number of carbonyl (C=O) groups is 1. The molecule has 0 bridgehead atoms. The van der Waals surface area contributed by atoms with Gasteiger partial charge in [-0.05, 0) is 43.9 Å². The van der Waals surface area contributed by atoms with Crippen molar-refractivity contribution in [2.45, 2.75) is 37.7 Å². The molecule has 1 aliphatic rings. The molecule has 1 aromatic carbocycles. The minimum Gasteiger partial charge on any atom is -0.393 e. The van der Waals surface area contributed by atoms with Crippen molar-refractivity contribution in [2.75, 3.05) is 6.54 Å². The topological polar surface area (TPSA) is 73.1 Å². The van der Waals surface area contributed by atoms with Crippen LogP contribution in [-0.4, -0.2) is 23.7 Å². The maximum Gasteiger partial charge on any atom is 0.251 e. The summed E-state index contributed by atoms with van der Waals surface area (Å²) in [6, 6.07) is 9.57. The van der Waals surface area contributed by atoms with Gasteiger partial charge in [0.15, 0.2) is 0 Å². The summed E-state index contributed by atoms with van der Waals surface area (Å²) in [7, 11) is 0. The number of rotatable bonds is 5. The molecule has 0 aliphatic heterocycles. The molecule has 0 radical (unpaired) electrons. The van der Waals surface area contributed by atoms with E-state index in [0.29, 0.717) is 18.5 Å². The Kier molecular flexibility index (Phi) is 3.87. The van der Waals surface area contributed by atoms with Crippen LogP contribution in [0.3, 0.4) is 0 Å². The van der Waals surface area contributed by atoms with Gasteiger partial charge in [0.2, 0.25) is 0 Å². The van der Waals surface area contributed by atoms with E-state index in [4.69, 9.17) is 10.4 Å². The van der Waals surface area contributed by atoms with Crippen LogP contribution in [0.4, 0.5) is 0 Å². The van der Waals surface area contributed by atoms with Crippen LogP contribution in [0, 0.1) is 11.3 Å². The van der Waals surface area contributed by atoms with E-state index in [2.05, 4.69) is 11.4 Å². The van der Waals surface area contributed by atoms with Crippen LogP contribution >= 0.6 is 0 Å². The number of nitrogens with one attached hydrogen (secondary N) is 1. The zero-order valence-corrected chi connectivity index (χ0v) is 11.0.